The molecular formula is C19H13N5O5S. The molecule has 1 aliphatic heterocycles. The lowest BCUT2D eigenvalue weighted by Crippen LogP contribution is -2.24. The number of carbonyl (C=O) groups is 4. The van der Waals surface area contributed by atoms with E-state index in [9.17, 15) is 19.2 Å². The monoisotopic (exact) mass is 423 g/mol. The number of ether oxygens (including phenoxy) is 1. The zero-order valence-corrected chi connectivity index (χ0v) is 16.3. The second kappa shape index (κ2) is 7.79. The molecule has 3 amide bonds. The van der Waals surface area contributed by atoms with E-state index in [1.165, 1.54) is 42.0 Å². The highest BCUT2D eigenvalue weighted by Crippen LogP contribution is 2.25. The van der Waals surface area contributed by atoms with Gasteiger partial charge in [0.1, 0.15) is 0 Å². The van der Waals surface area contributed by atoms with E-state index in [2.05, 4.69) is 20.3 Å². The van der Waals surface area contributed by atoms with E-state index < -0.39 is 30.3 Å². The van der Waals surface area contributed by atoms with Crippen LogP contribution in [0.3, 0.4) is 0 Å². The minimum Gasteiger partial charge on any atom is -0.451 e. The standard InChI is InChI=1S/C19H13N5O5S/c1-24-17(26)11-4-3-10(7-12(11)18(24)27)22-14(25)8-29-19(28)13-9-30-16(23-13)15-20-5-2-6-21-15/h2-7,9H,8H2,1H3,(H,22,25). The van der Waals surface area contributed by atoms with E-state index in [1.54, 1.807) is 18.5 Å². The lowest BCUT2D eigenvalue weighted by atomic mass is 10.1. The summed E-state index contributed by atoms with van der Waals surface area (Å²) in [5.74, 6) is -1.82. The van der Waals surface area contributed by atoms with Gasteiger partial charge in [0.2, 0.25) is 0 Å². The zero-order valence-electron chi connectivity index (χ0n) is 15.5. The number of thiazole rings is 1. The second-order valence-electron chi connectivity index (χ2n) is 6.16. The molecule has 0 atom stereocenters. The number of carbonyl (C=O) groups excluding carboxylic acids is 4. The molecule has 150 valence electrons. The molecule has 4 rings (SSSR count). The highest BCUT2D eigenvalue weighted by atomic mass is 32.1. The molecule has 0 saturated heterocycles. The number of fused-ring (bicyclic) bond motifs is 1. The Labute approximate surface area is 173 Å². The SMILES string of the molecule is CN1C(=O)c2ccc(NC(=O)COC(=O)c3csc(-c4ncccn4)n3)cc2C1=O. The van der Waals surface area contributed by atoms with Crippen LogP contribution in [0.15, 0.2) is 42.0 Å². The number of nitrogens with zero attached hydrogens (tertiary/aromatic N) is 4. The van der Waals surface area contributed by atoms with Gasteiger partial charge in [0.05, 0.1) is 11.1 Å². The second-order valence-corrected chi connectivity index (χ2v) is 7.02. The third-order valence-corrected chi connectivity index (χ3v) is 5.02. The summed E-state index contributed by atoms with van der Waals surface area (Å²) in [6, 6.07) is 6.03. The number of nitrogens with one attached hydrogen (secondary N) is 1. The van der Waals surface area contributed by atoms with E-state index in [0.29, 0.717) is 16.5 Å². The summed E-state index contributed by atoms with van der Waals surface area (Å²) < 4.78 is 4.98. The van der Waals surface area contributed by atoms with Crippen molar-refractivity contribution in [3.8, 4) is 10.8 Å². The Hall–Kier alpha value is -3.99. The Bertz CT molecular complexity index is 1180. The molecule has 30 heavy (non-hydrogen) atoms. The van der Waals surface area contributed by atoms with Crippen LogP contribution < -0.4 is 5.32 Å². The number of anilines is 1. The van der Waals surface area contributed by atoms with Crippen LogP contribution in [0.1, 0.15) is 31.2 Å². The fourth-order valence-electron chi connectivity index (χ4n) is 2.72. The molecular weight excluding hydrogens is 410 g/mol. The fourth-order valence-corrected chi connectivity index (χ4v) is 3.45. The number of imide groups is 1. The van der Waals surface area contributed by atoms with Crippen LogP contribution in [0.4, 0.5) is 5.69 Å². The Morgan fingerprint density at radius 1 is 1.13 bits per heavy atom. The summed E-state index contributed by atoms with van der Waals surface area (Å²) in [6.45, 7) is -0.544. The molecule has 10 nitrogen and oxygen atoms in total. The third-order valence-electron chi connectivity index (χ3n) is 4.18. The van der Waals surface area contributed by atoms with Crippen molar-refractivity contribution in [3.63, 3.8) is 0 Å². The van der Waals surface area contributed by atoms with E-state index in [-0.39, 0.29) is 16.8 Å². The zero-order chi connectivity index (χ0) is 21.3. The van der Waals surface area contributed by atoms with Crippen LogP contribution in [0.25, 0.3) is 10.8 Å². The van der Waals surface area contributed by atoms with E-state index in [1.807, 2.05) is 0 Å². The van der Waals surface area contributed by atoms with E-state index in [4.69, 9.17) is 4.74 Å². The van der Waals surface area contributed by atoms with Crippen molar-refractivity contribution in [2.75, 3.05) is 19.0 Å². The van der Waals surface area contributed by atoms with Gasteiger partial charge in [-0.15, -0.1) is 11.3 Å². The maximum atomic E-state index is 12.1. The summed E-state index contributed by atoms with van der Waals surface area (Å²) in [5, 5.41) is 4.47. The van der Waals surface area contributed by atoms with Crippen molar-refractivity contribution in [2.24, 2.45) is 0 Å². The van der Waals surface area contributed by atoms with Gasteiger partial charge >= 0.3 is 5.97 Å². The topological polar surface area (TPSA) is 131 Å². The van der Waals surface area contributed by atoms with Crippen molar-refractivity contribution in [1.82, 2.24) is 19.9 Å². The predicted octanol–water partition coefficient (Wildman–Crippen LogP) is 1.62. The Morgan fingerprint density at radius 3 is 2.63 bits per heavy atom. The van der Waals surface area contributed by atoms with Crippen molar-refractivity contribution in [1.29, 1.82) is 0 Å². The summed E-state index contributed by atoms with van der Waals surface area (Å²) in [6.07, 6.45) is 3.12. The summed E-state index contributed by atoms with van der Waals surface area (Å²) in [4.78, 5) is 61.4. The van der Waals surface area contributed by atoms with Gasteiger partial charge in [0, 0.05) is 30.5 Å². The van der Waals surface area contributed by atoms with Gasteiger partial charge in [-0.2, -0.15) is 0 Å². The maximum absolute atomic E-state index is 12.1. The van der Waals surface area contributed by atoms with E-state index >= 15 is 0 Å². The van der Waals surface area contributed by atoms with Gasteiger partial charge in [0.15, 0.2) is 23.1 Å². The molecule has 3 heterocycles. The van der Waals surface area contributed by atoms with Crippen molar-refractivity contribution >= 4 is 40.7 Å². The van der Waals surface area contributed by atoms with Crippen LogP contribution in [-0.4, -0.2) is 57.2 Å². The van der Waals surface area contributed by atoms with Gasteiger partial charge in [-0.25, -0.2) is 19.7 Å². The molecule has 1 aliphatic rings. The van der Waals surface area contributed by atoms with Gasteiger partial charge < -0.3 is 10.1 Å². The largest absolute Gasteiger partial charge is 0.451 e. The van der Waals surface area contributed by atoms with Gasteiger partial charge in [-0.3, -0.25) is 19.3 Å². The number of esters is 1. The first-order valence-corrected chi connectivity index (χ1v) is 9.48. The third kappa shape index (κ3) is 3.65. The molecule has 0 radical (unpaired) electrons. The van der Waals surface area contributed by atoms with Gasteiger partial charge in [-0.1, -0.05) is 0 Å². The summed E-state index contributed by atoms with van der Waals surface area (Å²) >= 11 is 1.18. The Morgan fingerprint density at radius 2 is 1.87 bits per heavy atom. The summed E-state index contributed by atoms with van der Waals surface area (Å²) in [5.41, 5.74) is 0.826. The number of amides is 3. The average Bonchev–Trinajstić information content (AvgIpc) is 3.33. The Kier molecular flexibility index (Phi) is 5.02. The van der Waals surface area contributed by atoms with E-state index in [0.717, 1.165) is 4.90 Å². The van der Waals surface area contributed by atoms with Crippen molar-refractivity contribution < 1.29 is 23.9 Å². The lowest BCUT2D eigenvalue weighted by molar-refractivity contribution is -0.119. The molecule has 11 heteroatoms. The number of rotatable bonds is 5. The minimum atomic E-state index is -0.764. The molecule has 3 aromatic rings. The number of hydrogen-bond acceptors (Lipinski definition) is 9. The maximum Gasteiger partial charge on any atom is 0.358 e. The number of hydrogen-bond donors (Lipinski definition) is 1. The normalized spacial score (nSPS) is 12.6. The summed E-state index contributed by atoms with van der Waals surface area (Å²) in [7, 11) is 1.39. The molecule has 1 N–H and O–H groups in total. The van der Waals surface area contributed by atoms with Crippen LogP contribution in [0, 0.1) is 0 Å². The number of aromatic nitrogens is 3. The molecule has 0 bridgehead atoms. The highest BCUT2D eigenvalue weighted by molar-refractivity contribution is 7.13. The van der Waals surface area contributed by atoms with Gasteiger partial charge in [-0.05, 0) is 24.3 Å². The predicted molar refractivity (Wildman–Crippen MR) is 105 cm³/mol. The average molecular weight is 423 g/mol. The fraction of sp³-hybridized carbons (Fsp3) is 0.105. The Balaban J connectivity index is 1.36. The highest BCUT2D eigenvalue weighted by Gasteiger charge is 2.32. The lowest BCUT2D eigenvalue weighted by Gasteiger charge is -2.06. The first-order chi connectivity index (χ1) is 14.4. The number of benzene rings is 1. The molecule has 0 unspecified atom stereocenters. The first kappa shape index (κ1) is 19.3. The molecule has 0 aliphatic carbocycles. The van der Waals surface area contributed by atoms with Gasteiger partial charge in [0.25, 0.3) is 17.7 Å². The van der Waals surface area contributed by atoms with Crippen LogP contribution in [0.5, 0.6) is 0 Å². The van der Waals surface area contributed by atoms with Crippen molar-refractivity contribution in [2.45, 2.75) is 0 Å². The first-order valence-electron chi connectivity index (χ1n) is 8.60. The quantitative estimate of drug-likeness (QED) is 0.484. The van der Waals surface area contributed by atoms with Crippen LogP contribution in [0.2, 0.25) is 0 Å². The van der Waals surface area contributed by atoms with Crippen molar-refractivity contribution in [3.05, 3.63) is 58.9 Å². The molecule has 2 aromatic heterocycles. The molecule has 1 aromatic carbocycles. The molecule has 0 fully saturated rings. The molecule has 0 saturated carbocycles. The minimum absolute atomic E-state index is 0.0416. The van der Waals surface area contributed by atoms with Crippen LogP contribution >= 0.6 is 11.3 Å². The smallest absolute Gasteiger partial charge is 0.358 e. The van der Waals surface area contributed by atoms with Crippen LogP contribution in [-0.2, 0) is 9.53 Å². The molecule has 0 spiro atoms.